The van der Waals surface area contributed by atoms with Gasteiger partial charge in [-0.2, -0.15) is 0 Å². The smallest absolute Gasteiger partial charge is 0.244 e. The zero-order chi connectivity index (χ0) is 13.0. The fourth-order valence-corrected chi connectivity index (χ4v) is 3.32. The van der Waals surface area contributed by atoms with Crippen LogP contribution in [0.1, 0.15) is 6.42 Å². The summed E-state index contributed by atoms with van der Waals surface area (Å²) in [6.45, 7) is 2.29. The quantitative estimate of drug-likeness (QED) is 0.821. The zero-order valence-corrected chi connectivity index (χ0v) is 11.2. The normalized spacial score (nSPS) is 19.9. The molecule has 1 saturated heterocycles. The Morgan fingerprint density at radius 2 is 2.22 bits per heavy atom. The van der Waals surface area contributed by atoms with Gasteiger partial charge in [-0.15, -0.1) is 0 Å². The fraction of sp³-hybridized carbons (Fsp3) is 0.500. The summed E-state index contributed by atoms with van der Waals surface area (Å²) < 4.78 is 32.0. The first-order valence-corrected chi connectivity index (χ1v) is 7.45. The van der Waals surface area contributed by atoms with Gasteiger partial charge in [-0.25, -0.2) is 13.1 Å². The molecule has 1 atom stereocenters. The maximum atomic E-state index is 12.2. The van der Waals surface area contributed by atoms with E-state index in [2.05, 4.69) is 10.0 Å². The van der Waals surface area contributed by atoms with Crippen LogP contribution in [-0.4, -0.2) is 35.2 Å². The van der Waals surface area contributed by atoms with Gasteiger partial charge in [0.15, 0.2) is 0 Å². The number of nitrogens with one attached hydrogen (secondary N) is 2. The predicted molar refractivity (Wildman–Crippen MR) is 69.2 cm³/mol. The zero-order valence-electron chi connectivity index (χ0n) is 10.3. The molecule has 0 bridgehead atoms. The van der Waals surface area contributed by atoms with Crippen molar-refractivity contribution in [3.8, 4) is 5.75 Å². The monoisotopic (exact) mass is 270 g/mol. The topological polar surface area (TPSA) is 67.4 Å². The Bertz CT molecular complexity index is 496. The second kappa shape index (κ2) is 5.69. The van der Waals surface area contributed by atoms with E-state index in [9.17, 15) is 8.42 Å². The number of ether oxygens (including phenoxy) is 1. The van der Waals surface area contributed by atoms with Gasteiger partial charge in [0.05, 0.1) is 7.11 Å². The van der Waals surface area contributed by atoms with Gasteiger partial charge in [-0.05, 0) is 37.6 Å². The Kier molecular flexibility index (Phi) is 4.21. The molecule has 0 amide bonds. The first-order chi connectivity index (χ1) is 8.63. The molecule has 6 heteroatoms. The third kappa shape index (κ3) is 3.01. The average molecular weight is 270 g/mol. The van der Waals surface area contributed by atoms with Crippen molar-refractivity contribution in [2.45, 2.75) is 11.3 Å². The first kappa shape index (κ1) is 13.3. The molecular formula is C12H18N2O3S. The van der Waals surface area contributed by atoms with Crippen LogP contribution >= 0.6 is 0 Å². The van der Waals surface area contributed by atoms with E-state index in [-0.39, 0.29) is 4.90 Å². The van der Waals surface area contributed by atoms with Crippen molar-refractivity contribution in [1.29, 1.82) is 0 Å². The number of hydrogen-bond acceptors (Lipinski definition) is 4. The molecule has 5 nitrogen and oxygen atoms in total. The minimum atomic E-state index is -3.49. The number of sulfonamides is 1. The standard InChI is InChI=1S/C12H18N2O3S/c1-17-11-4-2-3-5-12(11)18(15,16)14-9-10-6-7-13-8-10/h2-5,10,13-14H,6-9H2,1H3. The molecule has 0 aliphatic carbocycles. The molecule has 1 heterocycles. The highest BCUT2D eigenvalue weighted by molar-refractivity contribution is 7.89. The van der Waals surface area contributed by atoms with Gasteiger partial charge in [0, 0.05) is 6.54 Å². The van der Waals surface area contributed by atoms with Crippen molar-refractivity contribution in [3.05, 3.63) is 24.3 Å². The highest BCUT2D eigenvalue weighted by Gasteiger charge is 2.21. The molecule has 0 aromatic heterocycles. The van der Waals surface area contributed by atoms with E-state index < -0.39 is 10.0 Å². The molecule has 1 aromatic rings. The van der Waals surface area contributed by atoms with E-state index in [1.54, 1.807) is 24.3 Å². The molecule has 0 saturated carbocycles. The van der Waals surface area contributed by atoms with Crippen LogP contribution in [0.25, 0.3) is 0 Å². The number of benzene rings is 1. The molecule has 1 aromatic carbocycles. The summed E-state index contributed by atoms with van der Waals surface area (Å²) in [5.41, 5.74) is 0. The molecule has 2 N–H and O–H groups in total. The summed E-state index contributed by atoms with van der Waals surface area (Å²) in [6, 6.07) is 6.63. The Balaban J connectivity index is 2.09. The largest absolute Gasteiger partial charge is 0.495 e. The van der Waals surface area contributed by atoms with Gasteiger partial charge >= 0.3 is 0 Å². The highest BCUT2D eigenvalue weighted by atomic mass is 32.2. The van der Waals surface area contributed by atoms with Crippen LogP contribution in [0.15, 0.2) is 29.2 Å². The Labute approximate surface area is 108 Å². The minimum absolute atomic E-state index is 0.193. The molecule has 0 radical (unpaired) electrons. The highest BCUT2D eigenvalue weighted by Crippen LogP contribution is 2.22. The van der Waals surface area contributed by atoms with Crippen molar-refractivity contribution in [2.75, 3.05) is 26.7 Å². The average Bonchev–Trinajstić information content (AvgIpc) is 2.89. The Hall–Kier alpha value is -1.11. The van der Waals surface area contributed by atoms with Crippen LogP contribution in [-0.2, 0) is 10.0 Å². The van der Waals surface area contributed by atoms with E-state index in [0.717, 1.165) is 19.5 Å². The van der Waals surface area contributed by atoms with E-state index in [0.29, 0.717) is 18.2 Å². The van der Waals surface area contributed by atoms with Crippen molar-refractivity contribution in [3.63, 3.8) is 0 Å². The Morgan fingerprint density at radius 3 is 2.89 bits per heavy atom. The van der Waals surface area contributed by atoms with Crippen LogP contribution < -0.4 is 14.8 Å². The van der Waals surface area contributed by atoms with E-state index in [1.165, 1.54) is 7.11 Å². The van der Waals surface area contributed by atoms with Crippen LogP contribution in [0, 0.1) is 5.92 Å². The van der Waals surface area contributed by atoms with Crippen molar-refractivity contribution < 1.29 is 13.2 Å². The third-order valence-electron chi connectivity index (χ3n) is 3.08. The number of methoxy groups -OCH3 is 1. The van der Waals surface area contributed by atoms with Crippen LogP contribution in [0.5, 0.6) is 5.75 Å². The van der Waals surface area contributed by atoms with Crippen LogP contribution in [0.2, 0.25) is 0 Å². The summed E-state index contributed by atoms with van der Waals surface area (Å²) in [4.78, 5) is 0.193. The molecule has 1 aliphatic rings. The predicted octanol–water partition coefficient (Wildman–Crippen LogP) is 0.583. The van der Waals surface area contributed by atoms with Crippen LogP contribution in [0.3, 0.4) is 0 Å². The molecule has 0 spiro atoms. The molecule has 1 fully saturated rings. The Morgan fingerprint density at radius 1 is 1.44 bits per heavy atom. The first-order valence-electron chi connectivity index (χ1n) is 5.97. The van der Waals surface area contributed by atoms with Crippen LogP contribution in [0.4, 0.5) is 0 Å². The van der Waals surface area contributed by atoms with E-state index >= 15 is 0 Å². The molecule has 1 unspecified atom stereocenters. The lowest BCUT2D eigenvalue weighted by atomic mass is 10.1. The van der Waals surface area contributed by atoms with Crippen molar-refractivity contribution in [1.82, 2.24) is 10.0 Å². The van der Waals surface area contributed by atoms with Gasteiger partial charge in [-0.3, -0.25) is 0 Å². The maximum Gasteiger partial charge on any atom is 0.244 e. The number of hydrogen-bond donors (Lipinski definition) is 2. The molecular weight excluding hydrogens is 252 g/mol. The fourth-order valence-electron chi connectivity index (χ4n) is 2.03. The third-order valence-corrected chi connectivity index (χ3v) is 4.55. The lowest BCUT2D eigenvalue weighted by Gasteiger charge is -2.12. The summed E-state index contributed by atoms with van der Waals surface area (Å²) in [5.74, 6) is 0.740. The number of para-hydroxylation sites is 1. The van der Waals surface area contributed by atoms with E-state index in [4.69, 9.17) is 4.74 Å². The van der Waals surface area contributed by atoms with Crippen molar-refractivity contribution >= 4 is 10.0 Å². The van der Waals surface area contributed by atoms with Gasteiger partial charge in [0.25, 0.3) is 0 Å². The van der Waals surface area contributed by atoms with Crippen molar-refractivity contribution in [2.24, 2.45) is 5.92 Å². The lowest BCUT2D eigenvalue weighted by molar-refractivity contribution is 0.402. The molecule has 2 rings (SSSR count). The summed E-state index contributed by atoms with van der Waals surface area (Å²) in [7, 11) is -2.03. The maximum absolute atomic E-state index is 12.2. The summed E-state index contributed by atoms with van der Waals surface area (Å²) in [5, 5.41) is 3.21. The second-order valence-corrected chi connectivity index (χ2v) is 6.10. The number of rotatable bonds is 5. The second-order valence-electron chi connectivity index (χ2n) is 4.36. The molecule has 18 heavy (non-hydrogen) atoms. The van der Waals surface area contributed by atoms with Gasteiger partial charge in [-0.1, -0.05) is 12.1 Å². The summed E-state index contributed by atoms with van der Waals surface area (Å²) >= 11 is 0. The van der Waals surface area contributed by atoms with Gasteiger partial charge < -0.3 is 10.1 Å². The molecule has 1 aliphatic heterocycles. The molecule has 100 valence electrons. The van der Waals surface area contributed by atoms with Gasteiger partial charge in [0.1, 0.15) is 10.6 Å². The van der Waals surface area contributed by atoms with Gasteiger partial charge in [0.2, 0.25) is 10.0 Å². The van der Waals surface area contributed by atoms with E-state index in [1.807, 2.05) is 0 Å². The lowest BCUT2D eigenvalue weighted by Crippen LogP contribution is -2.30. The minimum Gasteiger partial charge on any atom is -0.495 e. The SMILES string of the molecule is COc1ccccc1S(=O)(=O)NCC1CCNC1. The summed E-state index contributed by atoms with van der Waals surface area (Å²) in [6.07, 6.45) is 1.01.